The van der Waals surface area contributed by atoms with Crippen LogP contribution in [0.3, 0.4) is 0 Å². The normalized spacial score (nSPS) is 10.7. The standard InChI is InChI=1S/C21H28N4O2/c1-5-6-12-22-20(26)14-25(4)21(27)17-9-7-8-16(13-17)19-11-10-18(15(2)3)23-24-19/h7-11,13,15H,5-6,12,14H2,1-4H3,(H,22,26). The van der Waals surface area contributed by atoms with Crippen molar-refractivity contribution < 1.29 is 9.59 Å². The van der Waals surface area contributed by atoms with E-state index in [1.807, 2.05) is 24.3 Å². The Labute approximate surface area is 161 Å². The molecule has 0 fully saturated rings. The third-order valence-corrected chi connectivity index (χ3v) is 4.26. The first-order chi connectivity index (χ1) is 12.9. The molecule has 6 heteroatoms. The quantitative estimate of drug-likeness (QED) is 0.726. The van der Waals surface area contributed by atoms with Crippen molar-refractivity contribution in [3.05, 3.63) is 47.7 Å². The summed E-state index contributed by atoms with van der Waals surface area (Å²) in [4.78, 5) is 26.0. The molecule has 27 heavy (non-hydrogen) atoms. The summed E-state index contributed by atoms with van der Waals surface area (Å²) in [6, 6.07) is 11.1. The molecule has 0 aliphatic rings. The number of aromatic nitrogens is 2. The van der Waals surface area contributed by atoms with E-state index in [-0.39, 0.29) is 18.4 Å². The molecule has 0 bridgehead atoms. The van der Waals surface area contributed by atoms with Crippen LogP contribution < -0.4 is 5.32 Å². The highest BCUT2D eigenvalue weighted by molar-refractivity contribution is 5.97. The minimum absolute atomic E-state index is 0.0374. The fourth-order valence-electron chi connectivity index (χ4n) is 2.58. The largest absolute Gasteiger partial charge is 0.355 e. The lowest BCUT2D eigenvalue weighted by molar-refractivity contribution is -0.121. The zero-order valence-electron chi connectivity index (χ0n) is 16.5. The second-order valence-electron chi connectivity index (χ2n) is 6.94. The van der Waals surface area contributed by atoms with Gasteiger partial charge in [0.05, 0.1) is 17.9 Å². The Hall–Kier alpha value is -2.76. The fourth-order valence-corrected chi connectivity index (χ4v) is 2.58. The SMILES string of the molecule is CCCCNC(=O)CN(C)C(=O)c1cccc(-c2ccc(C(C)C)nn2)c1. The summed E-state index contributed by atoms with van der Waals surface area (Å²) in [5.74, 6) is -0.0311. The minimum Gasteiger partial charge on any atom is -0.355 e. The van der Waals surface area contributed by atoms with Crippen molar-refractivity contribution in [1.82, 2.24) is 20.4 Å². The van der Waals surface area contributed by atoms with Gasteiger partial charge in [-0.1, -0.05) is 39.3 Å². The molecule has 1 heterocycles. The predicted molar refractivity (Wildman–Crippen MR) is 106 cm³/mol. The maximum Gasteiger partial charge on any atom is 0.254 e. The molecule has 0 atom stereocenters. The maximum atomic E-state index is 12.6. The van der Waals surface area contributed by atoms with Crippen molar-refractivity contribution in [2.75, 3.05) is 20.1 Å². The van der Waals surface area contributed by atoms with Crippen molar-refractivity contribution in [1.29, 1.82) is 0 Å². The number of nitrogens with zero attached hydrogens (tertiary/aromatic N) is 3. The van der Waals surface area contributed by atoms with Crippen LogP contribution >= 0.6 is 0 Å². The summed E-state index contributed by atoms with van der Waals surface area (Å²) in [6.07, 6.45) is 1.95. The van der Waals surface area contributed by atoms with E-state index in [1.165, 1.54) is 4.90 Å². The number of rotatable bonds is 8. The predicted octanol–water partition coefficient (Wildman–Crippen LogP) is 3.26. The van der Waals surface area contributed by atoms with E-state index in [9.17, 15) is 9.59 Å². The van der Waals surface area contributed by atoms with Crippen LogP contribution in [0.25, 0.3) is 11.3 Å². The average molecular weight is 368 g/mol. The van der Waals surface area contributed by atoms with Crippen molar-refractivity contribution in [3.63, 3.8) is 0 Å². The molecule has 0 unspecified atom stereocenters. The van der Waals surface area contributed by atoms with E-state index in [1.54, 1.807) is 19.2 Å². The molecule has 1 N–H and O–H groups in total. The highest BCUT2D eigenvalue weighted by atomic mass is 16.2. The first-order valence-electron chi connectivity index (χ1n) is 9.38. The Morgan fingerprint density at radius 1 is 1.15 bits per heavy atom. The van der Waals surface area contributed by atoms with Gasteiger partial charge in [-0.3, -0.25) is 9.59 Å². The molecule has 0 saturated carbocycles. The molecular weight excluding hydrogens is 340 g/mol. The second kappa shape index (κ2) is 9.80. The number of benzene rings is 1. The maximum absolute atomic E-state index is 12.6. The fraction of sp³-hybridized carbons (Fsp3) is 0.429. The average Bonchev–Trinajstić information content (AvgIpc) is 2.67. The number of amides is 2. The van der Waals surface area contributed by atoms with Gasteiger partial charge >= 0.3 is 0 Å². The summed E-state index contributed by atoms with van der Waals surface area (Å²) in [5, 5.41) is 11.3. The number of unbranched alkanes of at least 4 members (excludes halogenated alkanes) is 1. The lowest BCUT2D eigenvalue weighted by atomic mass is 10.1. The summed E-state index contributed by atoms with van der Waals surface area (Å²) in [7, 11) is 1.63. The van der Waals surface area contributed by atoms with Crippen molar-refractivity contribution in [2.45, 2.75) is 39.5 Å². The Balaban J connectivity index is 2.07. The van der Waals surface area contributed by atoms with Crippen LogP contribution in [0.15, 0.2) is 36.4 Å². The van der Waals surface area contributed by atoms with E-state index < -0.39 is 0 Å². The highest BCUT2D eigenvalue weighted by Crippen LogP contribution is 2.20. The number of hydrogen-bond donors (Lipinski definition) is 1. The molecule has 2 rings (SSSR count). The van der Waals surface area contributed by atoms with Gasteiger partial charge in [0.2, 0.25) is 5.91 Å². The summed E-state index contributed by atoms with van der Waals surface area (Å²) in [5.41, 5.74) is 2.99. The second-order valence-corrected chi connectivity index (χ2v) is 6.94. The molecule has 2 amide bonds. The molecule has 0 aliphatic heterocycles. The van der Waals surface area contributed by atoms with Gasteiger partial charge in [-0.05, 0) is 36.6 Å². The van der Waals surface area contributed by atoms with Gasteiger partial charge < -0.3 is 10.2 Å². The van der Waals surface area contributed by atoms with Gasteiger partial charge in [0.15, 0.2) is 0 Å². The molecule has 6 nitrogen and oxygen atoms in total. The molecule has 0 saturated heterocycles. The number of likely N-dealkylation sites (N-methyl/N-ethyl adjacent to an activating group) is 1. The minimum atomic E-state index is -0.200. The first kappa shape index (κ1) is 20.6. The first-order valence-corrected chi connectivity index (χ1v) is 9.38. The summed E-state index contributed by atoms with van der Waals surface area (Å²) >= 11 is 0. The lowest BCUT2D eigenvalue weighted by Gasteiger charge is -2.17. The summed E-state index contributed by atoms with van der Waals surface area (Å²) in [6.45, 7) is 6.87. The lowest BCUT2D eigenvalue weighted by Crippen LogP contribution is -2.38. The number of nitrogens with one attached hydrogen (secondary N) is 1. The van der Waals surface area contributed by atoms with Crippen LogP contribution in [0.5, 0.6) is 0 Å². The molecular formula is C21H28N4O2. The third-order valence-electron chi connectivity index (χ3n) is 4.26. The topological polar surface area (TPSA) is 75.2 Å². The third kappa shape index (κ3) is 5.88. The van der Waals surface area contributed by atoms with E-state index in [0.29, 0.717) is 23.7 Å². The van der Waals surface area contributed by atoms with Crippen LogP contribution in [0.1, 0.15) is 55.6 Å². The number of carbonyl (C=O) groups is 2. The zero-order valence-corrected chi connectivity index (χ0v) is 16.5. The van der Waals surface area contributed by atoms with Gasteiger partial charge in [-0.2, -0.15) is 10.2 Å². The summed E-state index contributed by atoms with van der Waals surface area (Å²) < 4.78 is 0. The van der Waals surface area contributed by atoms with Crippen LogP contribution in [-0.2, 0) is 4.79 Å². The van der Waals surface area contributed by atoms with Crippen molar-refractivity contribution >= 4 is 11.8 Å². The van der Waals surface area contributed by atoms with E-state index in [4.69, 9.17) is 0 Å². The van der Waals surface area contributed by atoms with Crippen LogP contribution in [-0.4, -0.2) is 47.0 Å². The van der Waals surface area contributed by atoms with Gasteiger partial charge in [-0.15, -0.1) is 0 Å². The Morgan fingerprint density at radius 2 is 1.93 bits per heavy atom. The number of carbonyl (C=O) groups excluding carboxylic acids is 2. The molecule has 0 aliphatic carbocycles. The molecule has 144 valence electrons. The monoisotopic (exact) mass is 368 g/mol. The Morgan fingerprint density at radius 3 is 2.56 bits per heavy atom. The molecule has 0 radical (unpaired) electrons. The van der Waals surface area contributed by atoms with Crippen LogP contribution in [0.4, 0.5) is 0 Å². The molecule has 1 aromatic carbocycles. The molecule has 0 spiro atoms. The van der Waals surface area contributed by atoms with Gasteiger partial charge in [0.25, 0.3) is 5.91 Å². The van der Waals surface area contributed by atoms with Gasteiger partial charge in [0.1, 0.15) is 0 Å². The molecule has 2 aromatic rings. The van der Waals surface area contributed by atoms with Crippen LogP contribution in [0, 0.1) is 0 Å². The zero-order chi connectivity index (χ0) is 19.8. The van der Waals surface area contributed by atoms with Gasteiger partial charge in [-0.25, -0.2) is 0 Å². The number of hydrogen-bond acceptors (Lipinski definition) is 4. The Bertz CT molecular complexity index is 772. The van der Waals surface area contributed by atoms with E-state index in [2.05, 4.69) is 36.3 Å². The Kier molecular flexibility index (Phi) is 7.46. The van der Waals surface area contributed by atoms with Gasteiger partial charge in [0, 0.05) is 24.7 Å². The highest BCUT2D eigenvalue weighted by Gasteiger charge is 2.15. The van der Waals surface area contributed by atoms with Crippen LogP contribution in [0.2, 0.25) is 0 Å². The van der Waals surface area contributed by atoms with E-state index >= 15 is 0 Å². The molecule has 1 aromatic heterocycles. The smallest absolute Gasteiger partial charge is 0.254 e. The van der Waals surface area contributed by atoms with E-state index in [0.717, 1.165) is 24.1 Å². The van der Waals surface area contributed by atoms with Crippen molar-refractivity contribution in [3.8, 4) is 11.3 Å². The van der Waals surface area contributed by atoms with Crippen molar-refractivity contribution in [2.24, 2.45) is 0 Å².